The number of carbonyl (C=O) groups is 1. The second-order valence-electron chi connectivity index (χ2n) is 4.72. The van der Waals surface area contributed by atoms with Crippen LogP contribution >= 0.6 is 22.6 Å². The summed E-state index contributed by atoms with van der Waals surface area (Å²) >= 11 is 2.17. The van der Waals surface area contributed by atoms with Gasteiger partial charge in [0, 0.05) is 3.57 Å². The molecule has 1 amide bonds. The maximum atomic E-state index is 12.6. The van der Waals surface area contributed by atoms with E-state index in [9.17, 15) is 18.0 Å². The summed E-state index contributed by atoms with van der Waals surface area (Å²) in [7, 11) is 0. The first-order valence-electron chi connectivity index (χ1n) is 6.58. The van der Waals surface area contributed by atoms with Crippen molar-refractivity contribution in [3.8, 4) is 0 Å². The average molecular weight is 432 g/mol. The maximum Gasteiger partial charge on any atom is 0.416 e. The molecular weight excluding hydrogens is 420 g/mol. The van der Waals surface area contributed by atoms with Gasteiger partial charge in [0.2, 0.25) is 5.91 Å². The number of halogens is 4. The van der Waals surface area contributed by atoms with E-state index in [2.05, 4.69) is 33.1 Å². The zero-order chi connectivity index (χ0) is 16.9. The average Bonchev–Trinajstić information content (AvgIpc) is 2.49. The lowest BCUT2D eigenvalue weighted by Crippen LogP contribution is -2.20. The summed E-state index contributed by atoms with van der Waals surface area (Å²) in [6, 6.07) is 12.1. The van der Waals surface area contributed by atoms with Gasteiger partial charge < -0.3 is 0 Å². The largest absolute Gasteiger partial charge is 0.416 e. The summed E-state index contributed by atoms with van der Waals surface area (Å²) in [5.74, 6) is -0.480. The number of amides is 1. The quantitative estimate of drug-likeness (QED) is 0.443. The number of hydrazone groups is 1. The molecule has 3 nitrogen and oxygen atoms in total. The third-order valence-corrected chi connectivity index (χ3v) is 3.61. The fourth-order valence-corrected chi connectivity index (χ4v) is 2.17. The topological polar surface area (TPSA) is 41.5 Å². The SMILES string of the molecule is O=C(Cc1cccc(C(F)(F)F)c1)N/N=C\c1ccc(I)cc1. The summed E-state index contributed by atoms with van der Waals surface area (Å²) in [5.41, 5.74) is 2.62. The number of nitrogens with zero attached hydrogens (tertiary/aromatic N) is 1. The molecule has 0 bridgehead atoms. The lowest BCUT2D eigenvalue weighted by atomic mass is 10.1. The molecule has 23 heavy (non-hydrogen) atoms. The van der Waals surface area contributed by atoms with Crippen molar-refractivity contribution in [3.05, 3.63) is 68.8 Å². The summed E-state index contributed by atoms with van der Waals surface area (Å²) < 4.78 is 38.9. The normalized spacial score (nSPS) is 11.7. The first kappa shape index (κ1) is 17.5. The molecule has 7 heteroatoms. The van der Waals surface area contributed by atoms with Gasteiger partial charge in [0.15, 0.2) is 0 Å². The molecule has 0 saturated carbocycles. The molecule has 1 N–H and O–H groups in total. The van der Waals surface area contributed by atoms with E-state index in [1.54, 1.807) is 0 Å². The van der Waals surface area contributed by atoms with Gasteiger partial charge in [-0.1, -0.05) is 30.3 Å². The molecule has 2 aromatic carbocycles. The van der Waals surface area contributed by atoms with Gasteiger partial charge in [0.05, 0.1) is 18.2 Å². The second-order valence-corrected chi connectivity index (χ2v) is 5.97. The van der Waals surface area contributed by atoms with Crippen LogP contribution in [0.25, 0.3) is 0 Å². The fourth-order valence-electron chi connectivity index (χ4n) is 1.81. The summed E-state index contributed by atoms with van der Waals surface area (Å²) in [4.78, 5) is 11.7. The summed E-state index contributed by atoms with van der Waals surface area (Å²) in [6.07, 6.45) is -3.12. The van der Waals surface area contributed by atoms with Crippen molar-refractivity contribution in [1.29, 1.82) is 0 Å². The maximum absolute atomic E-state index is 12.6. The highest BCUT2D eigenvalue weighted by molar-refractivity contribution is 14.1. The highest BCUT2D eigenvalue weighted by Crippen LogP contribution is 2.29. The Kier molecular flexibility index (Phi) is 5.75. The molecule has 0 saturated heterocycles. The van der Waals surface area contributed by atoms with Gasteiger partial charge in [-0.25, -0.2) is 5.43 Å². The summed E-state index contributed by atoms with van der Waals surface area (Å²) in [6.45, 7) is 0. The minimum atomic E-state index is -4.42. The number of rotatable bonds is 4. The van der Waals surface area contributed by atoms with Crippen molar-refractivity contribution in [3.63, 3.8) is 0 Å². The molecular formula is C16H12F3IN2O. The van der Waals surface area contributed by atoms with Crippen LogP contribution in [-0.4, -0.2) is 12.1 Å². The van der Waals surface area contributed by atoms with Gasteiger partial charge in [-0.15, -0.1) is 0 Å². The molecule has 0 aromatic heterocycles. The molecule has 120 valence electrons. The summed E-state index contributed by atoms with van der Waals surface area (Å²) in [5, 5.41) is 3.79. The minimum Gasteiger partial charge on any atom is -0.273 e. The van der Waals surface area contributed by atoms with Crippen molar-refractivity contribution in [1.82, 2.24) is 5.43 Å². The Balaban J connectivity index is 1.93. The van der Waals surface area contributed by atoms with Gasteiger partial charge in [-0.3, -0.25) is 4.79 Å². The van der Waals surface area contributed by atoms with Gasteiger partial charge >= 0.3 is 6.18 Å². The Hall–Kier alpha value is -1.90. The number of carbonyl (C=O) groups excluding carboxylic acids is 1. The third kappa shape index (κ3) is 5.66. The number of hydrogen-bond donors (Lipinski definition) is 1. The third-order valence-electron chi connectivity index (χ3n) is 2.89. The smallest absolute Gasteiger partial charge is 0.273 e. The molecule has 0 unspecified atom stereocenters. The van der Waals surface area contributed by atoms with Crippen LogP contribution in [0.1, 0.15) is 16.7 Å². The van der Waals surface area contributed by atoms with Crippen LogP contribution in [0.3, 0.4) is 0 Å². The molecule has 0 spiro atoms. The number of alkyl halides is 3. The van der Waals surface area contributed by atoms with Crippen LogP contribution in [-0.2, 0) is 17.4 Å². The monoisotopic (exact) mass is 432 g/mol. The van der Waals surface area contributed by atoms with E-state index >= 15 is 0 Å². The van der Waals surface area contributed by atoms with E-state index in [-0.39, 0.29) is 12.0 Å². The zero-order valence-corrected chi connectivity index (χ0v) is 13.9. The van der Waals surface area contributed by atoms with Gasteiger partial charge in [-0.2, -0.15) is 18.3 Å². The Morgan fingerprint density at radius 2 is 1.87 bits per heavy atom. The molecule has 0 radical (unpaired) electrons. The molecule has 0 aliphatic heterocycles. The van der Waals surface area contributed by atoms with Gasteiger partial charge in [0.25, 0.3) is 0 Å². The molecule has 0 atom stereocenters. The van der Waals surface area contributed by atoms with Crippen LogP contribution in [0.4, 0.5) is 13.2 Å². The van der Waals surface area contributed by atoms with Crippen LogP contribution in [0, 0.1) is 3.57 Å². The van der Waals surface area contributed by atoms with E-state index in [0.29, 0.717) is 0 Å². The van der Waals surface area contributed by atoms with E-state index in [0.717, 1.165) is 21.3 Å². The van der Waals surface area contributed by atoms with Gasteiger partial charge in [-0.05, 0) is 51.9 Å². The Morgan fingerprint density at radius 3 is 2.52 bits per heavy atom. The fraction of sp³-hybridized carbons (Fsp3) is 0.125. The van der Waals surface area contributed by atoms with Crippen LogP contribution in [0.15, 0.2) is 53.6 Å². The Bertz CT molecular complexity index is 712. The number of hydrogen-bond acceptors (Lipinski definition) is 2. The van der Waals surface area contributed by atoms with Crippen molar-refractivity contribution < 1.29 is 18.0 Å². The molecule has 0 aliphatic carbocycles. The highest BCUT2D eigenvalue weighted by Gasteiger charge is 2.30. The first-order chi connectivity index (χ1) is 10.8. The van der Waals surface area contributed by atoms with Crippen LogP contribution in [0.5, 0.6) is 0 Å². The van der Waals surface area contributed by atoms with Gasteiger partial charge in [0.1, 0.15) is 0 Å². The van der Waals surface area contributed by atoms with Crippen molar-refractivity contribution in [2.45, 2.75) is 12.6 Å². The lowest BCUT2D eigenvalue weighted by Gasteiger charge is -2.08. The Morgan fingerprint density at radius 1 is 1.17 bits per heavy atom. The standard InChI is InChI=1S/C16H12F3IN2O/c17-16(18,19)13-3-1-2-12(8-13)9-15(23)22-21-10-11-4-6-14(20)7-5-11/h1-8,10H,9H2,(H,22,23)/b21-10-. The Labute approximate surface area is 144 Å². The van der Waals surface area contributed by atoms with Crippen molar-refractivity contribution in [2.75, 3.05) is 0 Å². The predicted octanol–water partition coefficient (Wildman–Crippen LogP) is 4.00. The van der Waals surface area contributed by atoms with Crippen LogP contribution in [0.2, 0.25) is 0 Å². The van der Waals surface area contributed by atoms with Crippen molar-refractivity contribution >= 4 is 34.7 Å². The number of benzene rings is 2. The van der Waals surface area contributed by atoms with E-state index in [1.165, 1.54) is 18.3 Å². The minimum absolute atomic E-state index is 0.173. The van der Waals surface area contributed by atoms with Crippen LogP contribution < -0.4 is 5.43 Å². The lowest BCUT2D eigenvalue weighted by molar-refractivity contribution is -0.137. The molecule has 0 heterocycles. The second kappa shape index (κ2) is 7.58. The predicted molar refractivity (Wildman–Crippen MR) is 90.0 cm³/mol. The molecule has 0 fully saturated rings. The molecule has 2 rings (SSSR count). The molecule has 2 aromatic rings. The highest BCUT2D eigenvalue weighted by atomic mass is 127. The van der Waals surface area contributed by atoms with E-state index in [4.69, 9.17) is 0 Å². The zero-order valence-electron chi connectivity index (χ0n) is 11.8. The molecule has 0 aliphatic rings. The number of nitrogens with one attached hydrogen (secondary N) is 1. The van der Waals surface area contributed by atoms with Crippen molar-refractivity contribution in [2.24, 2.45) is 5.10 Å². The first-order valence-corrected chi connectivity index (χ1v) is 7.66. The van der Waals surface area contributed by atoms with E-state index in [1.807, 2.05) is 24.3 Å². The van der Waals surface area contributed by atoms with E-state index < -0.39 is 17.6 Å².